The molecule has 0 saturated carbocycles. The number of benzene rings is 2. The van der Waals surface area contributed by atoms with Gasteiger partial charge in [-0.1, -0.05) is 27.5 Å². The number of carbonyl (C=O) groups is 1. The van der Waals surface area contributed by atoms with Crippen LogP contribution in [0.5, 0.6) is 0 Å². The topological polar surface area (TPSA) is 55.1 Å². The number of hydrogen-bond donors (Lipinski definition) is 2. The SMILES string of the molecule is Cc1cc(Br)cc(N)c1NC(=O)c1cc(F)c(Cl)cc1F. The Morgan fingerprint density at radius 3 is 2.52 bits per heavy atom. The monoisotopic (exact) mass is 374 g/mol. The Kier molecular flexibility index (Phi) is 4.49. The number of halogens is 4. The quantitative estimate of drug-likeness (QED) is 0.599. The van der Waals surface area contributed by atoms with E-state index in [0.717, 1.165) is 16.6 Å². The molecule has 0 radical (unpaired) electrons. The van der Waals surface area contributed by atoms with Crippen LogP contribution in [0.3, 0.4) is 0 Å². The average Bonchev–Trinajstić information content (AvgIpc) is 2.37. The molecule has 0 aliphatic carbocycles. The lowest BCUT2D eigenvalue weighted by Crippen LogP contribution is -2.16. The summed E-state index contributed by atoms with van der Waals surface area (Å²) < 4.78 is 27.8. The minimum Gasteiger partial charge on any atom is -0.397 e. The summed E-state index contributed by atoms with van der Waals surface area (Å²) >= 11 is 8.72. The van der Waals surface area contributed by atoms with Crippen molar-refractivity contribution in [3.8, 4) is 0 Å². The van der Waals surface area contributed by atoms with Gasteiger partial charge in [0, 0.05) is 4.47 Å². The zero-order valence-corrected chi connectivity index (χ0v) is 13.1. The maximum absolute atomic E-state index is 13.7. The Balaban J connectivity index is 2.37. The molecule has 0 atom stereocenters. The van der Waals surface area contributed by atoms with E-state index in [9.17, 15) is 13.6 Å². The lowest BCUT2D eigenvalue weighted by atomic mass is 10.1. The average molecular weight is 376 g/mol. The van der Waals surface area contributed by atoms with E-state index in [-0.39, 0.29) is 5.02 Å². The maximum Gasteiger partial charge on any atom is 0.258 e. The molecule has 0 bridgehead atoms. The van der Waals surface area contributed by atoms with E-state index < -0.39 is 23.1 Å². The summed E-state index contributed by atoms with van der Waals surface area (Å²) in [7, 11) is 0. The standard InChI is InChI=1S/C14H10BrClF2N2O/c1-6-2-7(15)3-12(19)13(6)20-14(21)8-4-11(18)9(16)5-10(8)17/h2-5H,19H2,1H3,(H,20,21). The lowest BCUT2D eigenvalue weighted by molar-refractivity contribution is 0.102. The van der Waals surface area contributed by atoms with Crippen molar-refractivity contribution < 1.29 is 13.6 Å². The summed E-state index contributed by atoms with van der Waals surface area (Å²) in [5.41, 5.74) is 6.70. The first-order chi connectivity index (χ1) is 9.79. The summed E-state index contributed by atoms with van der Waals surface area (Å²) in [6.07, 6.45) is 0. The van der Waals surface area contributed by atoms with Crippen molar-refractivity contribution in [1.29, 1.82) is 0 Å². The molecule has 0 aliphatic heterocycles. The molecule has 0 saturated heterocycles. The van der Waals surface area contributed by atoms with Crippen molar-refractivity contribution in [1.82, 2.24) is 0 Å². The Morgan fingerprint density at radius 1 is 1.24 bits per heavy atom. The van der Waals surface area contributed by atoms with E-state index >= 15 is 0 Å². The Hall–Kier alpha value is -1.66. The van der Waals surface area contributed by atoms with Gasteiger partial charge in [0.1, 0.15) is 11.6 Å². The fraction of sp³-hybridized carbons (Fsp3) is 0.0714. The summed E-state index contributed by atoms with van der Waals surface area (Å²) in [5.74, 6) is -2.59. The van der Waals surface area contributed by atoms with Crippen LogP contribution in [0.15, 0.2) is 28.7 Å². The molecule has 2 aromatic rings. The van der Waals surface area contributed by atoms with Crippen LogP contribution in [0.25, 0.3) is 0 Å². The Morgan fingerprint density at radius 2 is 1.90 bits per heavy atom. The van der Waals surface area contributed by atoms with Crippen molar-refractivity contribution in [3.63, 3.8) is 0 Å². The van der Waals surface area contributed by atoms with Gasteiger partial charge < -0.3 is 11.1 Å². The van der Waals surface area contributed by atoms with Crippen molar-refractivity contribution >= 4 is 44.8 Å². The van der Waals surface area contributed by atoms with Gasteiger partial charge in [-0.15, -0.1) is 0 Å². The molecule has 3 N–H and O–H groups in total. The number of aryl methyl sites for hydroxylation is 1. The molecule has 21 heavy (non-hydrogen) atoms. The first-order valence-corrected chi connectivity index (χ1v) is 6.98. The van der Waals surface area contributed by atoms with E-state index in [1.807, 2.05) is 0 Å². The van der Waals surface area contributed by atoms with Gasteiger partial charge >= 0.3 is 0 Å². The molecule has 1 amide bonds. The van der Waals surface area contributed by atoms with Gasteiger partial charge in [-0.25, -0.2) is 8.78 Å². The van der Waals surface area contributed by atoms with Gasteiger partial charge in [-0.2, -0.15) is 0 Å². The van der Waals surface area contributed by atoms with Crippen LogP contribution in [-0.4, -0.2) is 5.91 Å². The molecular weight excluding hydrogens is 366 g/mol. The maximum atomic E-state index is 13.7. The number of hydrogen-bond acceptors (Lipinski definition) is 2. The molecular formula is C14H10BrClF2N2O. The first-order valence-electron chi connectivity index (χ1n) is 5.81. The van der Waals surface area contributed by atoms with Crippen LogP contribution in [-0.2, 0) is 0 Å². The first kappa shape index (κ1) is 15.7. The Labute approximate surface area is 133 Å². The normalized spacial score (nSPS) is 10.5. The number of amides is 1. The molecule has 0 aromatic heterocycles. The van der Waals surface area contributed by atoms with E-state index in [2.05, 4.69) is 21.2 Å². The van der Waals surface area contributed by atoms with Gasteiger partial charge in [-0.3, -0.25) is 4.79 Å². The van der Waals surface area contributed by atoms with Gasteiger partial charge in [0.2, 0.25) is 0 Å². The minimum atomic E-state index is -0.910. The second kappa shape index (κ2) is 5.99. The fourth-order valence-electron chi connectivity index (χ4n) is 1.82. The number of carbonyl (C=O) groups excluding carboxylic acids is 1. The Bertz CT molecular complexity index is 714. The molecule has 0 unspecified atom stereocenters. The number of nitrogens with two attached hydrogens (primary N) is 1. The number of rotatable bonds is 2. The van der Waals surface area contributed by atoms with Crippen LogP contribution in [0.2, 0.25) is 5.02 Å². The number of anilines is 2. The van der Waals surface area contributed by atoms with Gasteiger partial charge in [0.05, 0.1) is 22.0 Å². The van der Waals surface area contributed by atoms with Crippen LogP contribution in [0, 0.1) is 18.6 Å². The van der Waals surface area contributed by atoms with Crippen molar-refractivity contribution in [2.75, 3.05) is 11.1 Å². The van der Waals surface area contributed by atoms with E-state index in [1.165, 1.54) is 0 Å². The third kappa shape index (κ3) is 3.33. The predicted molar refractivity (Wildman–Crippen MR) is 82.6 cm³/mol. The fourth-order valence-corrected chi connectivity index (χ4v) is 2.56. The lowest BCUT2D eigenvalue weighted by Gasteiger charge is -2.12. The molecule has 2 aromatic carbocycles. The highest BCUT2D eigenvalue weighted by Gasteiger charge is 2.17. The predicted octanol–water partition coefficient (Wildman–Crippen LogP) is 4.52. The van der Waals surface area contributed by atoms with Crippen LogP contribution >= 0.6 is 27.5 Å². The van der Waals surface area contributed by atoms with Gasteiger partial charge in [0.25, 0.3) is 5.91 Å². The van der Waals surface area contributed by atoms with Crippen LogP contribution in [0.1, 0.15) is 15.9 Å². The second-order valence-corrected chi connectivity index (χ2v) is 5.71. The van der Waals surface area contributed by atoms with E-state index in [1.54, 1.807) is 19.1 Å². The van der Waals surface area contributed by atoms with Crippen molar-refractivity contribution in [2.24, 2.45) is 0 Å². The highest BCUT2D eigenvalue weighted by Crippen LogP contribution is 2.29. The molecule has 110 valence electrons. The van der Waals surface area contributed by atoms with E-state index in [4.69, 9.17) is 17.3 Å². The number of nitrogens with one attached hydrogen (secondary N) is 1. The largest absolute Gasteiger partial charge is 0.397 e. The summed E-state index contributed by atoms with van der Waals surface area (Å²) in [4.78, 5) is 12.1. The molecule has 0 spiro atoms. The molecule has 3 nitrogen and oxygen atoms in total. The zero-order chi connectivity index (χ0) is 15.7. The third-order valence-corrected chi connectivity index (χ3v) is 3.57. The summed E-state index contributed by atoms with van der Waals surface area (Å²) in [6, 6.07) is 4.84. The number of nitrogen functional groups attached to an aromatic ring is 1. The smallest absolute Gasteiger partial charge is 0.258 e. The molecule has 0 aliphatic rings. The van der Waals surface area contributed by atoms with E-state index in [0.29, 0.717) is 16.9 Å². The zero-order valence-electron chi connectivity index (χ0n) is 10.8. The molecule has 7 heteroatoms. The minimum absolute atomic E-state index is 0.310. The van der Waals surface area contributed by atoms with Gasteiger partial charge in [-0.05, 0) is 36.8 Å². The van der Waals surface area contributed by atoms with Crippen LogP contribution < -0.4 is 11.1 Å². The summed E-state index contributed by atoms with van der Waals surface area (Å²) in [6.45, 7) is 1.73. The van der Waals surface area contributed by atoms with Crippen molar-refractivity contribution in [2.45, 2.75) is 6.92 Å². The molecule has 0 heterocycles. The summed E-state index contributed by atoms with van der Waals surface area (Å²) in [5, 5.41) is 2.09. The van der Waals surface area contributed by atoms with Gasteiger partial charge in [0.15, 0.2) is 0 Å². The molecule has 2 rings (SSSR count). The van der Waals surface area contributed by atoms with Crippen LogP contribution in [0.4, 0.5) is 20.2 Å². The molecule has 0 fully saturated rings. The highest BCUT2D eigenvalue weighted by atomic mass is 79.9. The second-order valence-electron chi connectivity index (χ2n) is 4.39. The highest BCUT2D eigenvalue weighted by molar-refractivity contribution is 9.10. The third-order valence-electron chi connectivity index (χ3n) is 2.82. The van der Waals surface area contributed by atoms with Crippen molar-refractivity contribution in [3.05, 3.63) is 56.5 Å².